The van der Waals surface area contributed by atoms with Gasteiger partial charge in [0.05, 0.1) is 0 Å². The Hall–Kier alpha value is -0.630. The van der Waals surface area contributed by atoms with E-state index in [-0.39, 0.29) is 0 Å². The fourth-order valence-electron chi connectivity index (χ4n) is 1.97. The van der Waals surface area contributed by atoms with Crippen molar-refractivity contribution in [1.29, 1.82) is 0 Å². The minimum Gasteiger partial charge on any atom is -0.226 e. The van der Waals surface area contributed by atoms with Gasteiger partial charge in [-0.3, -0.25) is 0 Å². The third-order valence-electron chi connectivity index (χ3n) is 2.72. The van der Waals surface area contributed by atoms with Crippen LogP contribution in [-0.4, -0.2) is 9.97 Å². The molecule has 1 fully saturated rings. The van der Waals surface area contributed by atoms with Crippen LogP contribution in [0, 0.1) is 0 Å². The van der Waals surface area contributed by atoms with Gasteiger partial charge in [-0.1, -0.05) is 19.3 Å². The monoisotopic (exact) mass is 196 g/mol. The predicted octanol–water partition coefficient (Wildman–Crippen LogP) is 3.18. The van der Waals surface area contributed by atoms with Crippen molar-refractivity contribution in [3.8, 4) is 0 Å². The number of hydrogen-bond acceptors (Lipinski definition) is 2. The lowest BCUT2D eigenvalue weighted by Crippen LogP contribution is -2.05. The van der Waals surface area contributed by atoms with E-state index in [0.717, 1.165) is 0 Å². The predicted molar refractivity (Wildman–Crippen MR) is 52.9 cm³/mol. The van der Waals surface area contributed by atoms with Gasteiger partial charge in [0, 0.05) is 12.4 Å². The first-order valence-electron chi connectivity index (χ1n) is 4.84. The van der Waals surface area contributed by atoms with Crippen LogP contribution in [-0.2, 0) is 0 Å². The number of hydrogen-bond donors (Lipinski definition) is 0. The summed E-state index contributed by atoms with van der Waals surface area (Å²) in [5, 5.41) is 0.347. The third-order valence-corrected chi connectivity index (χ3v) is 2.91. The third kappa shape index (κ3) is 2.19. The van der Waals surface area contributed by atoms with E-state index in [1.54, 1.807) is 0 Å². The zero-order valence-corrected chi connectivity index (χ0v) is 8.30. The molecule has 0 radical (unpaired) electrons. The fraction of sp³-hybridized carbons (Fsp3) is 0.600. The molecule has 0 amide bonds. The summed E-state index contributed by atoms with van der Waals surface area (Å²) in [4.78, 5) is 8.02. The van der Waals surface area contributed by atoms with Crippen molar-refractivity contribution >= 4 is 11.6 Å². The van der Waals surface area contributed by atoms with Crippen LogP contribution in [0.1, 0.15) is 43.6 Å². The maximum absolute atomic E-state index is 5.63. The topological polar surface area (TPSA) is 25.8 Å². The summed E-state index contributed by atoms with van der Waals surface area (Å²) in [6, 6.07) is 0. The molecule has 0 saturated heterocycles. The molecule has 0 spiro atoms. The van der Waals surface area contributed by atoms with E-state index in [1.807, 2.05) is 12.4 Å². The fourth-order valence-corrected chi connectivity index (χ4v) is 2.07. The Morgan fingerprint density at radius 3 is 2.31 bits per heavy atom. The highest BCUT2D eigenvalue weighted by molar-refractivity contribution is 6.28. The molecule has 70 valence electrons. The molecule has 0 aliphatic heterocycles. The molecule has 2 nitrogen and oxygen atoms in total. The molecule has 2 rings (SSSR count). The Balaban J connectivity index is 2.10. The van der Waals surface area contributed by atoms with Crippen LogP contribution in [0.2, 0.25) is 5.28 Å². The molecule has 3 heteroatoms. The molecule has 1 heterocycles. The normalized spacial score (nSPS) is 18.8. The van der Waals surface area contributed by atoms with Gasteiger partial charge in [-0.25, -0.2) is 9.97 Å². The average Bonchev–Trinajstić information content (AvgIpc) is 2.20. The summed E-state index contributed by atoms with van der Waals surface area (Å²) in [6.07, 6.45) is 10.4. The molecular formula is C10H13ClN2. The first kappa shape index (κ1) is 8.95. The molecule has 0 unspecified atom stereocenters. The van der Waals surface area contributed by atoms with E-state index >= 15 is 0 Å². The van der Waals surface area contributed by atoms with Crippen LogP contribution in [0.15, 0.2) is 12.4 Å². The Morgan fingerprint density at radius 1 is 1.08 bits per heavy atom. The van der Waals surface area contributed by atoms with Crippen LogP contribution in [0.5, 0.6) is 0 Å². The zero-order valence-electron chi connectivity index (χ0n) is 7.54. The van der Waals surface area contributed by atoms with Gasteiger partial charge in [-0.2, -0.15) is 0 Å². The standard InChI is InChI=1S/C10H13ClN2/c11-10-12-6-9(7-13-10)8-4-2-1-3-5-8/h6-8H,1-5H2. The van der Waals surface area contributed by atoms with E-state index < -0.39 is 0 Å². The second-order valence-electron chi connectivity index (χ2n) is 3.62. The average molecular weight is 197 g/mol. The molecule has 0 bridgehead atoms. The maximum Gasteiger partial charge on any atom is 0.222 e. The Kier molecular flexibility index (Phi) is 2.79. The SMILES string of the molecule is Clc1ncc(C2CCCCC2)cn1. The molecule has 0 atom stereocenters. The molecule has 1 aromatic heterocycles. The number of halogens is 1. The summed E-state index contributed by atoms with van der Waals surface area (Å²) in [7, 11) is 0. The first-order valence-corrected chi connectivity index (χ1v) is 5.21. The minimum absolute atomic E-state index is 0.347. The van der Waals surface area contributed by atoms with E-state index in [4.69, 9.17) is 11.6 Å². The minimum atomic E-state index is 0.347. The Labute approximate surface area is 83.4 Å². The highest BCUT2D eigenvalue weighted by Crippen LogP contribution is 2.31. The van der Waals surface area contributed by atoms with Crippen LogP contribution in [0.25, 0.3) is 0 Å². The molecule has 0 N–H and O–H groups in total. The largest absolute Gasteiger partial charge is 0.226 e. The molecule has 1 aliphatic carbocycles. The van der Waals surface area contributed by atoms with Crippen molar-refractivity contribution in [3.63, 3.8) is 0 Å². The quantitative estimate of drug-likeness (QED) is 0.645. The first-order chi connectivity index (χ1) is 6.36. The lowest BCUT2D eigenvalue weighted by atomic mass is 9.85. The van der Waals surface area contributed by atoms with E-state index in [1.165, 1.54) is 37.7 Å². The Bertz CT molecular complexity index is 265. The number of nitrogens with zero attached hydrogens (tertiary/aromatic N) is 2. The van der Waals surface area contributed by atoms with Crippen molar-refractivity contribution in [2.75, 3.05) is 0 Å². The second-order valence-corrected chi connectivity index (χ2v) is 3.96. The summed E-state index contributed by atoms with van der Waals surface area (Å²) in [6.45, 7) is 0. The van der Waals surface area contributed by atoms with Crippen LogP contribution in [0.3, 0.4) is 0 Å². The molecule has 1 aromatic rings. The number of rotatable bonds is 1. The smallest absolute Gasteiger partial charge is 0.222 e. The molecule has 1 saturated carbocycles. The summed E-state index contributed by atoms with van der Waals surface area (Å²) >= 11 is 5.63. The number of aromatic nitrogens is 2. The van der Waals surface area contributed by atoms with Crippen LogP contribution < -0.4 is 0 Å². The highest BCUT2D eigenvalue weighted by Gasteiger charge is 2.15. The van der Waals surface area contributed by atoms with Gasteiger partial charge in [0.1, 0.15) is 0 Å². The summed E-state index contributed by atoms with van der Waals surface area (Å²) in [5.74, 6) is 0.672. The van der Waals surface area contributed by atoms with E-state index in [2.05, 4.69) is 9.97 Å². The van der Waals surface area contributed by atoms with Gasteiger partial charge < -0.3 is 0 Å². The lowest BCUT2D eigenvalue weighted by Gasteiger charge is -2.20. The van der Waals surface area contributed by atoms with Crippen molar-refractivity contribution < 1.29 is 0 Å². The van der Waals surface area contributed by atoms with Gasteiger partial charge >= 0.3 is 0 Å². The molecular weight excluding hydrogens is 184 g/mol. The summed E-state index contributed by atoms with van der Waals surface area (Å²) in [5.41, 5.74) is 1.25. The Morgan fingerprint density at radius 2 is 1.69 bits per heavy atom. The van der Waals surface area contributed by atoms with Crippen LogP contribution in [0.4, 0.5) is 0 Å². The molecule has 13 heavy (non-hydrogen) atoms. The van der Waals surface area contributed by atoms with Gasteiger partial charge in [-0.05, 0) is 35.9 Å². The van der Waals surface area contributed by atoms with Crippen molar-refractivity contribution in [2.24, 2.45) is 0 Å². The van der Waals surface area contributed by atoms with Crippen LogP contribution >= 0.6 is 11.6 Å². The lowest BCUT2D eigenvalue weighted by molar-refractivity contribution is 0.442. The van der Waals surface area contributed by atoms with Crippen molar-refractivity contribution in [3.05, 3.63) is 23.2 Å². The van der Waals surface area contributed by atoms with Gasteiger partial charge in [0.2, 0.25) is 5.28 Å². The van der Waals surface area contributed by atoms with Crippen molar-refractivity contribution in [1.82, 2.24) is 9.97 Å². The zero-order chi connectivity index (χ0) is 9.10. The molecule has 0 aromatic carbocycles. The van der Waals surface area contributed by atoms with Gasteiger partial charge in [0.25, 0.3) is 0 Å². The molecule has 1 aliphatic rings. The highest BCUT2D eigenvalue weighted by atomic mass is 35.5. The van der Waals surface area contributed by atoms with Crippen molar-refractivity contribution in [2.45, 2.75) is 38.0 Å². The van der Waals surface area contributed by atoms with Gasteiger partial charge in [-0.15, -0.1) is 0 Å². The maximum atomic E-state index is 5.63. The van der Waals surface area contributed by atoms with Gasteiger partial charge in [0.15, 0.2) is 0 Å². The summed E-state index contributed by atoms with van der Waals surface area (Å²) < 4.78 is 0. The second kappa shape index (κ2) is 4.05. The van der Waals surface area contributed by atoms with E-state index in [9.17, 15) is 0 Å². The van der Waals surface area contributed by atoms with E-state index in [0.29, 0.717) is 11.2 Å².